The van der Waals surface area contributed by atoms with Crippen LogP contribution in [0.15, 0.2) is 30.3 Å². The zero-order valence-electron chi connectivity index (χ0n) is 19.4. The van der Waals surface area contributed by atoms with Crippen LogP contribution in [-0.2, 0) is 0 Å². The average molecular weight is 477 g/mol. The molecule has 0 aliphatic carbocycles. The molecule has 0 aromatic heterocycles. The van der Waals surface area contributed by atoms with Gasteiger partial charge in [0.25, 0.3) is 11.8 Å². The van der Waals surface area contributed by atoms with Gasteiger partial charge in [-0.25, -0.2) is 0 Å². The highest BCUT2D eigenvalue weighted by Crippen LogP contribution is 2.37. The van der Waals surface area contributed by atoms with Crippen molar-refractivity contribution < 1.29 is 28.5 Å². The second-order valence-corrected chi connectivity index (χ2v) is 7.90. The molecular weight excluding hydrogens is 448 g/mol. The number of ether oxygens (including phenoxy) is 4. The maximum absolute atomic E-state index is 13.1. The maximum Gasteiger partial charge on any atom is 0.254 e. The molecule has 1 aliphatic rings. The number of benzene rings is 2. The van der Waals surface area contributed by atoms with E-state index in [-0.39, 0.29) is 11.8 Å². The van der Waals surface area contributed by atoms with Crippen LogP contribution in [0.2, 0.25) is 5.02 Å². The molecule has 0 bridgehead atoms. The van der Waals surface area contributed by atoms with Crippen LogP contribution in [0.1, 0.15) is 34.1 Å². The third-order valence-corrected chi connectivity index (χ3v) is 5.69. The van der Waals surface area contributed by atoms with Gasteiger partial charge in [-0.05, 0) is 36.8 Å². The number of hydrogen-bond acceptors (Lipinski definition) is 6. The number of amides is 2. The molecule has 1 heterocycles. The smallest absolute Gasteiger partial charge is 0.254 e. The van der Waals surface area contributed by atoms with E-state index in [9.17, 15) is 9.59 Å². The lowest BCUT2D eigenvalue weighted by Gasteiger charge is -2.35. The molecule has 0 saturated carbocycles. The van der Waals surface area contributed by atoms with Gasteiger partial charge in [-0.15, -0.1) is 0 Å². The van der Waals surface area contributed by atoms with Gasteiger partial charge in [0.15, 0.2) is 23.0 Å². The summed E-state index contributed by atoms with van der Waals surface area (Å²) in [4.78, 5) is 29.5. The molecule has 178 valence electrons. The highest BCUT2D eigenvalue weighted by atomic mass is 35.5. The van der Waals surface area contributed by atoms with E-state index in [1.807, 2.05) is 6.92 Å². The Bertz CT molecular complexity index is 1000. The van der Waals surface area contributed by atoms with Crippen molar-refractivity contribution in [2.45, 2.75) is 13.3 Å². The summed E-state index contributed by atoms with van der Waals surface area (Å²) in [6, 6.07) is 8.31. The van der Waals surface area contributed by atoms with E-state index in [4.69, 9.17) is 30.5 Å². The van der Waals surface area contributed by atoms with Gasteiger partial charge in [-0.1, -0.05) is 18.5 Å². The number of halogens is 1. The molecule has 2 aromatic carbocycles. The number of hydrogen-bond donors (Lipinski definition) is 0. The number of carbonyl (C=O) groups is 2. The molecule has 33 heavy (non-hydrogen) atoms. The Kier molecular flexibility index (Phi) is 8.27. The van der Waals surface area contributed by atoms with Crippen LogP contribution in [0.3, 0.4) is 0 Å². The molecule has 1 fully saturated rings. The van der Waals surface area contributed by atoms with Crippen molar-refractivity contribution in [1.82, 2.24) is 9.80 Å². The van der Waals surface area contributed by atoms with E-state index in [1.165, 1.54) is 14.2 Å². The number of rotatable bonds is 8. The van der Waals surface area contributed by atoms with Gasteiger partial charge in [0, 0.05) is 37.3 Å². The van der Waals surface area contributed by atoms with Gasteiger partial charge in [0.2, 0.25) is 0 Å². The average Bonchev–Trinajstić information content (AvgIpc) is 2.86. The van der Waals surface area contributed by atoms with Crippen molar-refractivity contribution >= 4 is 23.4 Å². The minimum absolute atomic E-state index is 0.120. The van der Waals surface area contributed by atoms with Gasteiger partial charge in [-0.3, -0.25) is 9.59 Å². The van der Waals surface area contributed by atoms with Crippen LogP contribution in [0.5, 0.6) is 23.0 Å². The number of piperazine rings is 1. The summed E-state index contributed by atoms with van der Waals surface area (Å²) in [5, 5.41) is 0.327. The van der Waals surface area contributed by atoms with E-state index in [0.717, 1.165) is 6.42 Å². The second kappa shape index (κ2) is 11.1. The monoisotopic (exact) mass is 476 g/mol. The number of nitrogens with zero attached hydrogens (tertiary/aromatic N) is 2. The predicted octanol–water partition coefficient (Wildman–Crippen LogP) is 3.75. The third kappa shape index (κ3) is 5.45. The highest BCUT2D eigenvalue weighted by molar-refractivity contribution is 6.32. The van der Waals surface area contributed by atoms with Crippen molar-refractivity contribution in [2.24, 2.45) is 0 Å². The Hall–Kier alpha value is -3.13. The first-order valence-electron chi connectivity index (χ1n) is 10.7. The van der Waals surface area contributed by atoms with Crippen LogP contribution in [0, 0.1) is 0 Å². The largest absolute Gasteiger partial charge is 0.493 e. The summed E-state index contributed by atoms with van der Waals surface area (Å²) in [5.41, 5.74) is 0.923. The molecule has 3 rings (SSSR count). The summed E-state index contributed by atoms with van der Waals surface area (Å²) in [6.45, 7) is 4.15. The summed E-state index contributed by atoms with van der Waals surface area (Å²) in [7, 11) is 4.58. The fraction of sp³-hybridized carbons (Fsp3) is 0.417. The lowest BCUT2D eigenvalue weighted by Crippen LogP contribution is -2.50. The molecule has 1 saturated heterocycles. The fourth-order valence-corrected chi connectivity index (χ4v) is 3.90. The van der Waals surface area contributed by atoms with Gasteiger partial charge < -0.3 is 28.7 Å². The fourth-order valence-electron chi connectivity index (χ4n) is 3.63. The Labute approximate surface area is 198 Å². The molecule has 0 N–H and O–H groups in total. The molecule has 2 aromatic rings. The molecule has 0 unspecified atom stereocenters. The SMILES string of the molecule is CCCOc1c(Cl)cc(C(=O)N2CCN(C(=O)c3ccc(OC)c(OC)c3)CC2)cc1OC. The number of methoxy groups -OCH3 is 3. The Balaban J connectivity index is 1.68. The van der Waals surface area contributed by atoms with Crippen molar-refractivity contribution in [3.8, 4) is 23.0 Å². The first-order chi connectivity index (χ1) is 15.9. The van der Waals surface area contributed by atoms with Gasteiger partial charge >= 0.3 is 0 Å². The van der Waals surface area contributed by atoms with E-state index in [0.29, 0.717) is 71.9 Å². The second-order valence-electron chi connectivity index (χ2n) is 7.49. The molecule has 1 aliphatic heterocycles. The standard InChI is InChI=1S/C24H29ClN2O6/c1-5-12-33-22-18(25)13-17(15-21(22)32-4)24(29)27-10-8-26(9-11-27)23(28)16-6-7-19(30-2)20(14-16)31-3/h6-7,13-15H,5,8-12H2,1-4H3. The molecule has 0 spiro atoms. The van der Waals surface area contributed by atoms with E-state index >= 15 is 0 Å². The lowest BCUT2D eigenvalue weighted by molar-refractivity contribution is 0.0535. The van der Waals surface area contributed by atoms with Crippen LogP contribution in [0.4, 0.5) is 0 Å². The summed E-state index contributed by atoms with van der Waals surface area (Å²) < 4.78 is 21.6. The van der Waals surface area contributed by atoms with Crippen LogP contribution < -0.4 is 18.9 Å². The van der Waals surface area contributed by atoms with Crippen molar-refractivity contribution in [3.63, 3.8) is 0 Å². The summed E-state index contributed by atoms with van der Waals surface area (Å²) in [6.07, 6.45) is 0.826. The molecule has 9 heteroatoms. The van der Waals surface area contributed by atoms with Gasteiger partial charge in [-0.2, -0.15) is 0 Å². The van der Waals surface area contributed by atoms with Gasteiger partial charge in [0.1, 0.15) is 0 Å². The zero-order valence-corrected chi connectivity index (χ0v) is 20.1. The van der Waals surface area contributed by atoms with Crippen molar-refractivity contribution in [3.05, 3.63) is 46.5 Å². The summed E-state index contributed by atoms with van der Waals surface area (Å²) >= 11 is 6.36. The summed E-state index contributed by atoms with van der Waals surface area (Å²) in [5.74, 6) is 1.61. The van der Waals surface area contributed by atoms with Crippen LogP contribution >= 0.6 is 11.6 Å². The van der Waals surface area contributed by atoms with Crippen LogP contribution in [-0.4, -0.2) is 75.7 Å². The molecule has 0 atom stereocenters. The molecule has 2 amide bonds. The molecule has 0 radical (unpaired) electrons. The Morgan fingerprint density at radius 3 is 1.91 bits per heavy atom. The maximum atomic E-state index is 13.1. The van der Waals surface area contributed by atoms with E-state index in [2.05, 4.69) is 0 Å². The Morgan fingerprint density at radius 2 is 1.36 bits per heavy atom. The topological polar surface area (TPSA) is 77.5 Å². The first kappa shape index (κ1) is 24.5. The predicted molar refractivity (Wildman–Crippen MR) is 125 cm³/mol. The zero-order chi connectivity index (χ0) is 24.0. The van der Waals surface area contributed by atoms with E-state index < -0.39 is 0 Å². The number of carbonyl (C=O) groups excluding carboxylic acids is 2. The first-order valence-corrected chi connectivity index (χ1v) is 11.1. The van der Waals surface area contributed by atoms with Crippen LogP contribution in [0.25, 0.3) is 0 Å². The highest BCUT2D eigenvalue weighted by Gasteiger charge is 2.27. The molecule has 8 nitrogen and oxygen atoms in total. The van der Waals surface area contributed by atoms with Crippen molar-refractivity contribution in [2.75, 3.05) is 54.1 Å². The van der Waals surface area contributed by atoms with Crippen molar-refractivity contribution in [1.29, 1.82) is 0 Å². The van der Waals surface area contributed by atoms with Gasteiger partial charge in [0.05, 0.1) is 33.0 Å². The quantitative estimate of drug-likeness (QED) is 0.577. The lowest BCUT2D eigenvalue weighted by atomic mass is 10.1. The molecular formula is C24H29ClN2O6. The minimum atomic E-state index is -0.171. The third-order valence-electron chi connectivity index (χ3n) is 5.41. The normalized spacial score (nSPS) is 13.5. The minimum Gasteiger partial charge on any atom is -0.493 e. The van der Waals surface area contributed by atoms with E-state index in [1.54, 1.807) is 47.2 Å². The Morgan fingerprint density at radius 1 is 0.818 bits per heavy atom.